The van der Waals surface area contributed by atoms with E-state index in [1.165, 1.54) is 0 Å². The van der Waals surface area contributed by atoms with Crippen molar-refractivity contribution in [1.29, 1.82) is 0 Å². The lowest BCUT2D eigenvalue weighted by Crippen LogP contribution is -2.37. The molecule has 4 rings (SSSR count). The average molecular weight is 420 g/mol. The van der Waals surface area contributed by atoms with Crippen LogP contribution in [-0.4, -0.2) is 38.1 Å². The summed E-state index contributed by atoms with van der Waals surface area (Å²) >= 11 is 0. The van der Waals surface area contributed by atoms with Gasteiger partial charge >= 0.3 is 0 Å². The molecule has 3 aromatic rings. The van der Waals surface area contributed by atoms with E-state index in [9.17, 15) is 13.2 Å². The monoisotopic (exact) mass is 419 g/mol. The average Bonchev–Trinajstić information content (AvgIpc) is 2.94. The first-order chi connectivity index (χ1) is 14.6. The molecule has 1 aliphatic heterocycles. The van der Waals surface area contributed by atoms with E-state index in [4.69, 9.17) is 0 Å². The number of hydrogen-bond donors (Lipinski definition) is 0. The van der Waals surface area contributed by atoms with Gasteiger partial charge in [-0.05, 0) is 23.1 Å². The van der Waals surface area contributed by atoms with Gasteiger partial charge in [0.05, 0.1) is 16.9 Å². The van der Waals surface area contributed by atoms with E-state index in [1.807, 2.05) is 91.0 Å². The maximum absolute atomic E-state index is 13.6. The molecule has 0 spiro atoms. The van der Waals surface area contributed by atoms with Crippen molar-refractivity contribution in [2.75, 3.05) is 18.8 Å². The minimum absolute atomic E-state index is 0.0192. The molecular weight excluding hydrogens is 394 g/mol. The summed E-state index contributed by atoms with van der Waals surface area (Å²) in [5.41, 5.74) is 2.63. The van der Waals surface area contributed by atoms with E-state index in [0.29, 0.717) is 13.0 Å². The molecule has 1 heterocycles. The molecule has 1 fully saturated rings. The van der Waals surface area contributed by atoms with Crippen molar-refractivity contribution in [2.45, 2.75) is 17.6 Å². The van der Waals surface area contributed by atoms with Gasteiger partial charge < -0.3 is 4.90 Å². The Kier molecular flexibility index (Phi) is 6.00. The number of carbonyl (C=O) groups excluding carboxylic acids is 1. The van der Waals surface area contributed by atoms with Crippen molar-refractivity contribution in [3.05, 3.63) is 108 Å². The predicted molar refractivity (Wildman–Crippen MR) is 119 cm³/mol. The highest BCUT2D eigenvalue weighted by Crippen LogP contribution is 2.32. The molecule has 0 aliphatic carbocycles. The number of sulfone groups is 1. The van der Waals surface area contributed by atoms with Gasteiger partial charge in [0.2, 0.25) is 5.91 Å². The van der Waals surface area contributed by atoms with Crippen LogP contribution in [0.5, 0.6) is 0 Å². The fourth-order valence-corrected chi connectivity index (χ4v) is 5.95. The summed E-state index contributed by atoms with van der Waals surface area (Å²) in [7, 11) is -3.33. The molecule has 1 unspecified atom stereocenters. The number of carbonyl (C=O) groups is 1. The highest BCUT2D eigenvalue weighted by molar-refractivity contribution is 7.91. The standard InChI is InChI=1S/C25H25NO3S/c27-25(24(21-12-6-2-7-13-21)22-14-8-3-9-15-22)26-17-16-23(30(28,29)19-18-26)20-10-4-1-5-11-20/h1-15,23-24H,16-19H2. The van der Waals surface area contributed by atoms with Crippen molar-refractivity contribution < 1.29 is 13.2 Å². The van der Waals surface area contributed by atoms with Crippen LogP contribution in [0.1, 0.15) is 34.3 Å². The predicted octanol–water partition coefficient (Wildman–Crippen LogP) is 4.21. The van der Waals surface area contributed by atoms with Crippen LogP contribution >= 0.6 is 0 Å². The Morgan fingerprint density at radius 3 is 1.80 bits per heavy atom. The third-order valence-electron chi connectivity index (χ3n) is 5.74. The summed E-state index contributed by atoms with van der Waals surface area (Å²) in [4.78, 5) is 15.4. The maximum atomic E-state index is 13.6. The Balaban J connectivity index is 1.63. The van der Waals surface area contributed by atoms with E-state index in [2.05, 4.69) is 0 Å². The SMILES string of the molecule is O=C(C(c1ccccc1)c1ccccc1)N1CCC(c2ccccc2)S(=O)(=O)CC1. The van der Waals surface area contributed by atoms with Crippen LogP contribution < -0.4 is 0 Å². The summed E-state index contributed by atoms with van der Waals surface area (Å²) in [5, 5.41) is -0.566. The van der Waals surface area contributed by atoms with Crippen LogP contribution in [0.2, 0.25) is 0 Å². The molecule has 1 aliphatic rings. The second kappa shape index (κ2) is 8.84. The largest absolute Gasteiger partial charge is 0.341 e. The molecule has 0 aromatic heterocycles. The molecule has 0 saturated carbocycles. The zero-order chi connectivity index (χ0) is 21.0. The first-order valence-corrected chi connectivity index (χ1v) is 11.9. The van der Waals surface area contributed by atoms with E-state index in [0.717, 1.165) is 16.7 Å². The number of hydrogen-bond acceptors (Lipinski definition) is 3. The summed E-state index contributed by atoms with van der Waals surface area (Å²) in [6.45, 7) is 0.647. The Bertz CT molecular complexity index is 1040. The second-order valence-corrected chi connectivity index (χ2v) is 9.94. The highest BCUT2D eigenvalue weighted by Gasteiger charge is 2.35. The zero-order valence-electron chi connectivity index (χ0n) is 16.7. The van der Waals surface area contributed by atoms with Gasteiger partial charge in [-0.15, -0.1) is 0 Å². The van der Waals surface area contributed by atoms with Crippen LogP contribution in [0.15, 0.2) is 91.0 Å². The molecule has 4 nitrogen and oxygen atoms in total. The summed E-state index contributed by atoms with van der Waals surface area (Å²) in [5.74, 6) is -0.506. The molecular formula is C25H25NO3S. The number of amides is 1. The van der Waals surface area contributed by atoms with Gasteiger partial charge in [0, 0.05) is 13.1 Å². The van der Waals surface area contributed by atoms with Crippen molar-refractivity contribution in [3.63, 3.8) is 0 Å². The Hall–Kier alpha value is -2.92. The molecule has 1 saturated heterocycles. The Morgan fingerprint density at radius 2 is 1.27 bits per heavy atom. The van der Waals surface area contributed by atoms with Crippen LogP contribution in [0.4, 0.5) is 0 Å². The van der Waals surface area contributed by atoms with Gasteiger partial charge in [0.25, 0.3) is 0 Å². The molecule has 1 atom stereocenters. The first kappa shape index (κ1) is 20.4. The lowest BCUT2D eigenvalue weighted by Gasteiger charge is -2.26. The van der Waals surface area contributed by atoms with Gasteiger partial charge in [-0.2, -0.15) is 0 Å². The van der Waals surface area contributed by atoms with Crippen LogP contribution in [-0.2, 0) is 14.6 Å². The number of nitrogens with zero attached hydrogens (tertiary/aromatic N) is 1. The van der Waals surface area contributed by atoms with Crippen molar-refractivity contribution in [3.8, 4) is 0 Å². The minimum Gasteiger partial charge on any atom is -0.341 e. The third-order valence-corrected chi connectivity index (χ3v) is 7.86. The fourth-order valence-electron chi connectivity index (χ4n) is 4.16. The van der Waals surface area contributed by atoms with Crippen LogP contribution in [0.3, 0.4) is 0 Å². The Morgan fingerprint density at radius 1 is 0.767 bits per heavy atom. The van der Waals surface area contributed by atoms with E-state index in [-0.39, 0.29) is 18.2 Å². The molecule has 0 bridgehead atoms. The smallest absolute Gasteiger partial charge is 0.234 e. The molecule has 0 radical (unpaired) electrons. The molecule has 1 amide bonds. The van der Waals surface area contributed by atoms with Gasteiger partial charge in [-0.3, -0.25) is 4.79 Å². The van der Waals surface area contributed by atoms with E-state index in [1.54, 1.807) is 4.90 Å². The minimum atomic E-state index is -3.33. The Labute approximate surface area is 178 Å². The fraction of sp³-hybridized carbons (Fsp3) is 0.240. The molecule has 0 N–H and O–H groups in total. The second-order valence-electron chi connectivity index (χ2n) is 7.63. The lowest BCUT2D eigenvalue weighted by molar-refractivity contribution is -0.131. The van der Waals surface area contributed by atoms with Crippen molar-refractivity contribution >= 4 is 15.7 Å². The van der Waals surface area contributed by atoms with Gasteiger partial charge in [0.1, 0.15) is 0 Å². The normalized spacial score (nSPS) is 18.7. The van der Waals surface area contributed by atoms with Gasteiger partial charge in [0.15, 0.2) is 9.84 Å². The topological polar surface area (TPSA) is 54.5 Å². The van der Waals surface area contributed by atoms with E-state index >= 15 is 0 Å². The number of benzene rings is 3. The van der Waals surface area contributed by atoms with Gasteiger partial charge in [-0.25, -0.2) is 8.42 Å². The third kappa shape index (κ3) is 4.31. The highest BCUT2D eigenvalue weighted by atomic mass is 32.2. The van der Waals surface area contributed by atoms with E-state index < -0.39 is 21.0 Å². The summed E-state index contributed by atoms with van der Waals surface area (Å²) in [6, 6.07) is 28.7. The first-order valence-electron chi connectivity index (χ1n) is 10.2. The molecule has 5 heteroatoms. The van der Waals surface area contributed by atoms with Gasteiger partial charge in [-0.1, -0.05) is 91.0 Å². The van der Waals surface area contributed by atoms with Crippen molar-refractivity contribution in [1.82, 2.24) is 4.90 Å². The zero-order valence-corrected chi connectivity index (χ0v) is 17.5. The number of rotatable bonds is 4. The molecule has 30 heavy (non-hydrogen) atoms. The molecule has 154 valence electrons. The lowest BCUT2D eigenvalue weighted by atomic mass is 9.90. The summed E-state index contributed by atoms with van der Waals surface area (Å²) < 4.78 is 25.9. The maximum Gasteiger partial charge on any atom is 0.234 e. The quantitative estimate of drug-likeness (QED) is 0.637. The van der Waals surface area contributed by atoms with Crippen molar-refractivity contribution in [2.24, 2.45) is 0 Å². The molecule has 3 aromatic carbocycles. The summed E-state index contributed by atoms with van der Waals surface area (Å²) in [6.07, 6.45) is 0.411. The van der Waals surface area contributed by atoms with Crippen LogP contribution in [0, 0.1) is 0 Å². The van der Waals surface area contributed by atoms with Crippen LogP contribution in [0.25, 0.3) is 0 Å².